The lowest BCUT2D eigenvalue weighted by Crippen LogP contribution is -2.40. The smallest absolute Gasteiger partial charge is 0.317 e. The van der Waals surface area contributed by atoms with E-state index in [1.807, 2.05) is 33.8 Å². The molecule has 26 heavy (non-hydrogen) atoms. The number of hydrogen-bond donors (Lipinski definition) is 1. The lowest BCUT2D eigenvalue weighted by Gasteiger charge is -2.20. The molecule has 0 bridgehead atoms. The van der Waals surface area contributed by atoms with Gasteiger partial charge in [-0.25, -0.2) is 4.79 Å². The van der Waals surface area contributed by atoms with E-state index in [1.165, 1.54) is 10.4 Å². The van der Waals surface area contributed by atoms with Crippen LogP contribution in [0.3, 0.4) is 0 Å². The van der Waals surface area contributed by atoms with Crippen LogP contribution >= 0.6 is 11.3 Å². The van der Waals surface area contributed by atoms with Crippen LogP contribution in [0.15, 0.2) is 53.9 Å². The summed E-state index contributed by atoms with van der Waals surface area (Å²) < 4.78 is 2.05. The molecular weight excluding hydrogens is 344 g/mol. The van der Waals surface area contributed by atoms with Crippen molar-refractivity contribution in [1.82, 2.24) is 20.0 Å². The lowest BCUT2D eigenvalue weighted by molar-refractivity contribution is 0.196. The first-order valence-corrected chi connectivity index (χ1v) is 9.85. The highest BCUT2D eigenvalue weighted by Crippen LogP contribution is 2.25. The van der Waals surface area contributed by atoms with Crippen molar-refractivity contribution in [1.29, 1.82) is 0 Å². The number of nitrogens with zero attached hydrogens (tertiary/aromatic N) is 3. The standard InChI is InChI=1S/C20H22N4OS/c25-20(21-10-9-16-6-2-1-3-7-16)23-11-5-12-24-17(15-23)14-18(22-24)19-8-4-13-26-19/h1-4,6-8,13-14H,5,9-12,15H2,(H,21,25). The van der Waals surface area contributed by atoms with Crippen LogP contribution in [-0.4, -0.2) is 33.8 Å². The Kier molecular flexibility index (Phi) is 5.02. The van der Waals surface area contributed by atoms with E-state index in [-0.39, 0.29) is 6.03 Å². The first kappa shape index (κ1) is 16.8. The van der Waals surface area contributed by atoms with E-state index in [0.717, 1.165) is 37.3 Å². The van der Waals surface area contributed by atoms with Gasteiger partial charge in [0.2, 0.25) is 0 Å². The monoisotopic (exact) mass is 366 g/mol. The van der Waals surface area contributed by atoms with Crippen molar-refractivity contribution in [2.24, 2.45) is 0 Å². The van der Waals surface area contributed by atoms with E-state index >= 15 is 0 Å². The molecule has 1 N–H and O–H groups in total. The highest BCUT2D eigenvalue weighted by atomic mass is 32.1. The predicted octanol–water partition coefficient (Wildman–Crippen LogP) is 3.77. The van der Waals surface area contributed by atoms with Crippen LogP contribution in [0.25, 0.3) is 10.6 Å². The quantitative estimate of drug-likeness (QED) is 0.764. The molecule has 4 rings (SSSR count). The minimum absolute atomic E-state index is 0.00764. The number of fused-ring (bicyclic) bond motifs is 1. The molecule has 0 saturated heterocycles. The number of amides is 2. The zero-order valence-corrected chi connectivity index (χ0v) is 15.4. The number of benzene rings is 1. The molecule has 1 aromatic carbocycles. The van der Waals surface area contributed by atoms with Gasteiger partial charge in [0.25, 0.3) is 0 Å². The summed E-state index contributed by atoms with van der Waals surface area (Å²) in [5, 5.41) is 9.83. The number of aromatic nitrogens is 2. The SMILES string of the molecule is O=C(NCCc1ccccc1)N1CCCn2nc(-c3cccs3)cc2C1. The Labute approximate surface area is 157 Å². The van der Waals surface area contributed by atoms with Gasteiger partial charge < -0.3 is 10.2 Å². The van der Waals surface area contributed by atoms with Crippen LogP contribution in [0.1, 0.15) is 17.7 Å². The Morgan fingerprint density at radius 2 is 2.04 bits per heavy atom. The van der Waals surface area contributed by atoms with E-state index < -0.39 is 0 Å². The van der Waals surface area contributed by atoms with Gasteiger partial charge in [-0.05, 0) is 35.9 Å². The average Bonchev–Trinajstić information content (AvgIpc) is 3.28. The Bertz CT molecular complexity index is 857. The van der Waals surface area contributed by atoms with Crippen molar-refractivity contribution in [3.8, 4) is 10.6 Å². The van der Waals surface area contributed by atoms with Crippen LogP contribution in [0, 0.1) is 0 Å². The highest BCUT2D eigenvalue weighted by Gasteiger charge is 2.21. The van der Waals surface area contributed by atoms with Gasteiger partial charge in [-0.3, -0.25) is 4.68 Å². The predicted molar refractivity (Wildman–Crippen MR) is 104 cm³/mol. The van der Waals surface area contributed by atoms with Gasteiger partial charge in [0.1, 0.15) is 5.69 Å². The number of thiophene rings is 1. The zero-order valence-electron chi connectivity index (χ0n) is 14.6. The fourth-order valence-corrected chi connectivity index (χ4v) is 3.93. The van der Waals surface area contributed by atoms with E-state index in [0.29, 0.717) is 13.1 Å². The summed E-state index contributed by atoms with van der Waals surface area (Å²) in [5.74, 6) is 0. The summed E-state index contributed by atoms with van der Waals surface area (Å²) in [4.78, 5) is 15.6. The average molecular weight is 366 g/mol. The third-order valence-corrected chi connectivity index (χ3v) is 5.50. The fourth-order valence-electron chi connectivity index (χ4n) is 3.25. The second-order valence-electron chi connectivity index (χ2n) is 6.46. The molecule has 2 amide bonds. The van der Waals surface area contributed by atoms with Crippen LogP contribution in [0.4, 0.5) is 4.79 Å². The Morgan fingerprint density at radius 1 is 1.15 bits per heavy atom. The van der Waals surface area contributed by atoms with Crippen molar-refractivity contribution in [2.45, 2.75) is 25.9 Å². The molecule has 134 valence electrons. The number of nitrogens with one attached hydrogen (secondary N) is 1. The number of carbonyl (C=O) groups excluding carboxylic acids is 1. The Hall–Kier alpha value is -2.60. The molecule has 5 nitrogen and oxygen atoms in total. The molecule has 3 heterocycles. The van der Waals surface area contributed by atoms with Gasteiger partial charge >= 0.3 is 6.03 Å². The third-order valence-electron chi connectivity index (χ3n) is 4.61. The van der Waals surface area contributed by atoms with Crippen LogP contribution in [-0.2, 0) is 19.5 Å². The first-order chi connectivity index (χ1) is 12.8. The van der Waals surface area contributed by atoms with Crippen molar-refractivity contribution in [3.63, 3.8) is 0 Å². The van der Waals surface area contributed by atoms with Gasteiger partial charge in [-0.1, -0.05) is 36.4 Å². The maximum Gasteiger partial charge on any atom is 0.317 e. The molecule has 1 aliphatic heterocycles. The largest absolute Gasteiger partial charge is 0.338 e. The van der Waals surface area contributed by atoms with Gasteiger partial charge in [0.05, 0.1) is 17.1 Å². The summed E-state index contributed by atoms with van der Waals surface area (Å²) in [5.41, 5.74) is 3.34. The van der Waals surface area contributed by atoms with Gasteiger partial charge in [0, 0.05) is 19.6 Å². The number of carbonyl (C=O) groups is 1. The molecule has 0 radical (unpaired) electrons. The maximum atomic E-state index is 12.6. The van der Waals surface area contributed by atoms with Gasteiger partial charge in [0.15, 0.2) is 0 Å². The molecule has 6 heteroatoms. The topological polar surface area (TPSA) is 50.2 Å². The van der Waals surface area contributed by atoms with E-state index in [2.05, 4.69) is 35.0 Å². The normalized spacial score (nSPS) is 13.9. The Morgan fingerprint density at radius 3 is 2.85 bits per heavy atom. The summed E-state index contributed by atoms with van der Waals surface area (Å²) in [6, 6.07) is 16.5. The molecule has 0 saturated carbocycles. The second-order valence-corrected chi connectivity index (χ2v) is 7.41. The van der Waals surface area contributed by atoms with Crippen LogP contribution in [0.2, 0.25) is 0 Å². The molecule has 0 atom stereocenters. The van der Waals surface area contributed by atoms with Crippen molar-refractivity contribution < 1.29 is 4.79 Å². The third kappa shape index (κ3) is 3.80. The fraction of sp³-hybridized carbons (Fsp3) is 0.300. The molecule has 2 aromatic heterocycles. The number of rotatable bonds is 4. The van der Waals surface area contributed by atoms with E-state index in [4.69, 9.17) is 5.10 Å². The number of urea groups is 1. The number of hydrogen-bond acceptors (Lipinski definition) is 3. The summed E-state index contributed by atoms with van der Waals surface area (Å²) in [6.07, 6.45) is 1.77. The van der Waals surface area contributed by atoms with E-state index in [1.54, 1.807) is 11.3 Å². The molecule has 1 aliphatic rings. The molecule has 0 unspecified atom stereocenters. The summed E-state index contributed by atoms with van der Waals surface area (Å²) in [7, 11) is 0. The first-order valence-electron chi connectivity index (χ1n) is 8.97. The molecule has 3 aromatic rings. The zero-order chi connectivity index (χ0) is 17.8. The molecule has 0 aliphatic carbocycles. The molecule has 0 fully saturated rings. The van der Waals surface area contributed by atoms with Crippen molar-refractivity contribution >= 4 is 17.4 Å². The lowest BCUT2D eigenvalue weighted by atomic mass is 10.1. The number of aryl methyl sites for hydroxylation is 1. The minimum atomic E-state index is 0.00764. The Balaban J connectivity index is 1.38. The molecule has 0 spiro atoms. The van der Waals surface area contributed by atoms with Crippen LogP contribution in [0.5, 0.6) is 0 Å². The second kappa shape index (κ2) is 7.74. The van der Waals surface area contributed by atoms with Gasteiger partial charge in [-0.2, -0.15) is 5.10 Å². The highest BCUT2D eigenvalue weighted by molar-refractivity contribution is 7.13. The van der Waals surface area contributed by atoms with Crippen molar-refractivity contribution in [3.05, 3.63) is 65.2 Å². The summed E-state index contributed by atoms with van der Waals surface area (Å²) in [6.45, 7) is 2.87. The molecular formula is C20H22N4OS. The van der Waals surface area contributed by atoms with Gasteiger partial charge in [-0.15, -0.1) is 11.3 Å². The maximum absolute atomic E-state index is 12.6. The summed E-state index contributed by atoms with van der Waals surface area (Å²) >= 11 is 1.69. The van der Waals surface area contributed by atoms with Crippen LogP contribution < -0.4 is 5.32 Å². The van der Waals surface area contributed by atoms with Crippen molar-refractivity contribution in [2.75, 3.05) is 13.1 Å². The minimum Gasteiger partial charge on any atom is -0.338 e. The van der Waals surface area contributed by atoms with E-state index in [9.17, 15) is 4.79 Å².